The van der Waals surface area contributed by atoms with Gasteiger partial charge in [0.2, 0.25) is 11.6 Å². The third-order valence-corrected chi connectivity index (χ3v) is 4.30. The van der Waals surface area contributed by atoms with Crippen LogP contribution in [0.3, 0.4) is 0 Å². The number of nitrogens with one attached hydrogen (secondary N) is 3. The Morgan fingerprint density at radius 3 is 2.48 bits per heavy atom. The number of anilines is 1. The number of carbonyl (C=O) groups excluding carboxylic acids is 2. The van der Waals surface area contributed by atoms with Crippen molar-refractivity contribution in [3.05, 3.63) is 44.2 Å². The Balaban J connectivity index is 2.23. The Hall–Kier alpha value is -3.69. The zero-order valence-corrected chi connectivity index (χ0v) is 19.0. The molecule has 11 nitrogen and oxygen atoms in total. The van der Waals surface area contributed by atoms with Gasteiger partial charge in [0.1, 0.15) is 11.7 Å². The molecule has 0 aliphatic rings. The average Bonchev–Trinajstić information content (AvgIpc) is 2.71. The summed E-state index contributed by atoms with van der Waals surface area (Å²) in [6.45, 7) is 3.97. The lowest BCUT2D eigenvalue weighted by molar-refractivity contribution is -0.114. The minimum absolute atomic E-state index is 0.0310. The highest BCUT2D eigenvalue weighted by Crippen LogP contribution is 2.38. The van der Waals surface area contributed by atoms with Crippen molar-refractivity contribution in [3.8, 4) is 17.7 Å². The Bertz CT molecular complexity index is 1180. The Morgan fingerprint density at radius 1 is 1.30 bits per heavy atom. The first-order chi connectivity index (χ1) is 15.5. The van der Waals surface area contributed by atoms with E-state index in [9.17, 15) is 18.8 Å². The normalized spacial score (nSPS) is 11.4. The van der Waals surface area contributed by atoms with E-state index in [1.54, 1.807) is 6.92 Å². The van der Waals surface area contributed by atoms with Gasteiger partial charge >= 0.3 is 6.09 Å². The molecule has 174 valence electrons. The number of aromatic amines is 1. The number of hydrogen-bond acceptors (Lipinski definition) is 9. The number of aromatic nitrogens is 2. The fourth-order valence-corrected chi connectivity index (χ4v) is 2.84. The molecule has 2 aromatic rings. The van der Waals surface area contributed by atoms with E-state index >= 15 is 0 Å². The molecule has 0 aliphatic carbocycles. The summed E-state index contributed by atoms with van der Waals surface area (Å²) < 4.78 is 24.2. The maximum Gasteiger partial charge on any atom is 0.414 e. The lowest BCUT2D eigenvalue weighted by Crippen LogP contribution is -2.36. The van der Waals surface area contributed by atoms with Crippen molar-refractivity contribution in [3.63, 3.8) is 0 Å². The highest BCUT2D eigenvalue weighted by Gasteiger charge is 2.24. The zero-order valence-electron chi connectivity index (χ0n) is 17.5. The predicted octanol–water partition coefficient (Wildman–Crippen LogP) is 3.64. The van der Waals surface area contributed by atoms with Crippen LogP contribution in [-0.2, 0) is 15.2 Å². The Morgan fingerprint density at radius 2 is 1.94 bits per heavy atom. The number of hydrogen-bond donors (Lipinski definition) is 3. The Labute approximate surface area is 196 Å². The van der Waals surface area contributed by atoms with Gasteiger partial charge in [-0.1, -0.05) is 23.2 Å². The average molecular weight is 499 g/mol. The van der Waals surface area contributed by atoms with Crippen molar-refractivity contribution in [1.29, 1.82) is 5.26 Å². The van der Waals surface area contributed by atoms with Crippen molar-refractivity contribution in [1.82, 2.24) is 15.5 Å². The van der Waals surface area contributed by atoms with E-state index in [0.29, 0.717) is 0 Å². The molecular formula is C19H17Cl2FN6O5. The third-order valence-electron chi connectivity index (χ3n) is 3.73. The molecule has 0 aliphatic heterocycles. The van der Waals surface area contributed by atoms with Gasteiger partial charge in [-0.25, -0.2) is 14.3 Å². The van der Waals surface area contributed by atoms with Crippen LogP contribution >= 0.6 is 23.2 Å². The number of nitrogens with zero attached hydrogens (tertiary/aromatic N) is 3. The molecule has 2 rings (SSSR count). The molecule has 14 heteroatoms. The molecule has 1 aromatic heterocycles. The molecule has 0 fully saturated rings. The summed E-state index contributed by atoms with van der Waals surface area (Å²) in [6, 6.07) is 5.24. The van der Waals surface area contributed by atoms with Crippen molar-refractivity contribution >= 4 is 46.6 Å². The molecular weight excluding hydrogens is 482 g/mol. The van der Waals surface area contributed by atoms with E-state index in [4.69, 9.17) is 33.2 Å². The van der Waals surface area contributed by atoms with E-state index in [0.717, 1.165) is 6.07 Å². The highest BCUT2D eigenvalue weighted by atomic mass is 35.5. The molecule has 0 saturated carbocycles. The SMILES string of the molecule is CCOC(=O)NC(=O)/C(C#N)=N/Nc1cc(Cl)c(Oc2cc(C(C)(C)F)c(=O)[nH]n2)c(Cl)c1. The fraction of sp³-hybridized carbons (Fsp3) is 0.263. The van der Waals surface area contributed by atoms with Crippen molar-refractivity contribution in [2.24, 2.45) is 5.10 Å². The van der Waals surface area contributed by atoms with Crippen molar-refractivity contribution in [2.75, 3.05) is 12.0 Å². The topological polar surface area (TPSA) is 159 Å². The number of imide groups is 1. The first kappa shape index (κ1) is 25.6. The van der Waals surface area contributed by atoms with E-state index in [-0.39, 0.29) is 39.5 Å². The predicted molar refractivity (Wildman–Crippen MR) is 117 cm³/mol. The minimum atomic E-state index is -1.95. The lowest BCUT2D eigenvalue weighted by atomic mass is 10.0. The van der Waals surface area contributed by atoms with Crippen LogP contribution in [0, 0.1) is 11.3 Å². The molecule has 3 N–H and O–H groups in total. The second-order valence-corrected chi connectivity index (χ2v) is 7.47. The van der Waals surface area contributed by atoms with Gasteiger partial charge in [0.15, 0.2) is 5.75 Å². The van der Waals surface area contributed by atoms with E-state index < -0.39 is 28.9 Å². The van der Waals surface area contributed by atoms with Crippen LogP contribution in [0.4, 0.5) is 14.9 Å². The summed E-state index contributed by atoms with van der Waals surface area (Å²) in [5.41, 5.74) is -0.985. The molecule has 0 unspecified atom stereocenters. The van der Waals surface area contributed by atoms with Crippen LogP contribution in [0.2, 0.25) is 10.0 Å². The largest absolute Gasteiger partial charge is 0.450 e. The van der Waals surface area contributed by atoms with Crippen LogP contribution in [0.15, 0.2) is 28.1 Å². The molecule has 0 radical (unpaired) electrons. The van der Waals surface area contributed by atoms with Crippen LogP contribution in [-0.4, -0.2) is 34.5 Å². The summed E-state index contributed by atoms with van der Waals surface area (Å²) in [4.78, 5) is 34.9. The first-order valence-electron chi connectivity index (χ1n) is 9.14. The second-order valence-electron chi connectivity index (χ2n) is 6.65. The number of hydrazone groups is 1. The van der Waals surface area contributed by atoms with Gasteiger partial charge in [-0.05, 0) is 32.9 Å². The number of rotatable bonds is 7. The number of amides is 2. The molecule has 1 aromatic carbocycles. The summed E-state index contributed by atoms with van der Waals surface area (Å²) in [5.74, 6) is -1.31. The lowest BCUT2D eigenvalue weighted by Gasteiger charge is -2.15. The maximum atomic E-state index is 14.2. The minimum Gasteiger partial charge on any atom is -0.450 e. The van der Waals surface area contributed by atoms with Gasteiger partial charge in [-0.15, -0.1) is 5.10 Å². The van der Waals surface area contributed by atoms with Crippen LogP contribution in [0.1, 0.15) is 26.3 Å². The summed E-state index contributed by atoms with van der Waals surface area (Å²) in [7, 11) is 0. The van der Waals surface area contributed by atoms with Gasteiger partial charge in [0.05, 0.1) is 27.9 Å². The van der Waals surface area contributed by atoms with Gasteiger partial charge < -0.3 is 9.47 Å². The number of benzene rings is 1. The summed E-state index contributed by atoms with van der Waals surface area (Å²) in [6.07, 6.45) is -1.03. The monoisotopic (exact) mass is 498 g/mol. The van der Waals surface area contributed by atoms with E-state index in [1.165, 1.54) is 32.0 Å². The molecule has 2 amide bonds. The Kier molecular flexibility index (Phi) is 8.33. The van der Waals surface area contributed by atoms with Crippen molar-refractivity contribution < 1.29 is 23.5 Å². The molecule has 0 bridgehead atoms. The van der Waals surface area contributed by atoms with Gasteiger partial charge in [0.25, 0.3) is 11.5 Å². The number of alkyl carbamates (subject to hydrolysis) is 1. The van der Waals surface area contributed by atoms with Gasteiger partial charge in [0, 0.05) is 6.07 Å². The number of carbonyl (C=O) groups is 2. The van der Waals surface area contributed by atoms with E-state index in [1.807, 2.05) is 5.32 Å². The maximum absolute atomic E-state index is 14.2. The molecule has 0 spiro atoms. The molecule has 33 heavy (non-hydrogen) atoms. The van der Waals surface area contributed by atoms with Crippen LogP contribution < -0.4 is 21.0 Å². The standard InChI is InChI=1S/C19H17Cl2FN6O5/c1-4-32-18(31)24-17(30)13(8-23)26-25-9-5-11(20)15(12(21)6-9)33-14-7-10(19(2,3)22)16(29)28-27-14/h5-7,25H,4H2,1-3H3,(H,28,29)(H,24,30,31)/b26-13+. The zero-order chi connectivity index (χ0) is 24.8. The highest BCUT2D eigenvalue weighted by molar-refractivity contribution is 6.47. The van der Waals surface area contributed by atoms with Gasteiger partial charge in [-0.2, -0.15) is 10.4 Å². The molecule has 1 heterocycles. The number of halogens is 3. The smallest absolute Gasteiger partial charge is 0.414 e. The van der Waals surface area contributed by atoms with Gasteiger partial charge in [-0.3, -0.25) is 20.3 Å². The van der Waals surface area contributed by atoms with E-state index in [2.05, 4.69) is 25.5 Å². The summed E-state index contributed by atoms with van der Waals surface area (Å²) >= 11 is 12.4. The van der Waals surface area contributed by atoms with Crippen LogP contribution in [0.5, 0.6) is 11.6 Å². The number of H-pyrrole nitrogens is 1. The molecule has 0 saturated heterocycles. The second kappa shape index (κ2) is 10.8. The quantitative estimate of drug-likeness (QED) is 0.385. The third kappa shape index (κ3) is 6.90. The fourth-order valence-electron chi connectivity index (χ4n) is 2.27. The summed E-state index contributed by atoms with van der Waals surface area (Å²) in [5, 5.41) is 20.2. The number of alkyl halides is 1. The number of ether oxygens (including phenoxy) is 2. The van der Waals surface area contributed by atoms with Crippen LogP contribution in [0.25, 0.3) is 0 Å². The van der Waals surface area contributed by atoms with Crippen molar-refractivity contribution in [2.45, 2.75) is 26.4 Å². The first-order valence-corrected chi connectivity index (χ1v) is 9.89. The molecule has 0 atom stereocenters. The number of nitriles is 1.